The maximum Gasteiger partial charge on any atom is 0.357 e. The highest BCUT2D eigenvalue weighted by atomic mass is 35.5. The van der Waals surface area contributed by atoms with Gasteiger partial charge >= 0.3 is 5.97 Å². The van der Waals surface area contributed by atoms with E-state index in [1.165, 1.54) is 11.3 Å². The molecule has 1 atom stereocenters. The molecule has 0 bridgehead atoms. The van der Waals surface area contributed by atoms with E-state index in [1.54, 1.807) is 12.3 Å². The first kappa shape index (κ1) is 23.3. The highest BCUT2D eigenvalue weighted by molar-refractivity contribution is 7.09. The number of amides is 1. The number of esters is 1. The molecular formula is C16H21Cl2N3O3S. The summed E-state index contributed by atoms with van der Waals surface area (Å²) in [5, 5.41) is 4.96. The highest BCUT2D eigenvalue weighted by Crippen LogP contribution is 2.13. The zero-order valence-corrected chi connectivity index (χ0v) is 16.3. The summed E-state index contributed by atoms with van der Waals surface area (Å²) in [6, 6.07) is 6.76. The fourth-order valence-electron chi connectivity index (χ4n) is 1.89. The van der Waals surface area contributed by atoms with Gasteiger partial charge in [0.15, 0.2) is 5.69 Å². The van der Waals surface area contributed by atoms with Gasteiger partial charge in [-0.3, -0.25) is 4.79 Å². The van der Waals surface area contributed by atoms with Crippen LogP contribution in [-0.2, 0) is 16.1 Å². The van der Waals surface area contributed by atoms with Crippen molar-refractivity contribution in [3.8, 4) is 0 Å². The van der Waals surface area contributed by atoms with Gasteiger partial charge in [-0.15, -0.1) is 36.2 Å². The molecule has 0 aliphatic heterocycles. The molecule has 0 aliphatic rings. The third kappa shape index (κ3) is 6.62. The van der Waals surface area contributed by atoms with E-state index in [-0.39, 0.29) is 43.0 Å². The fourth-order valence-corrected chi connectivity index (χ4v) is 2.59. The lowest BCUT2D eigenvalue weighted by atomic mass is 10.1. The SMILES string of the molecule is CCOC(=O)c1csc(CNC(=O)C(N)c2ccc(C)cc2)n1.Cl.Cl. The second kappa shape index (κ2) is 11.0. The number of benzene rings is 1. The smallest absolute Gasteiger partial charge is 0.357 e. The number of halogens is 2. The van der Waals surface area contributed by atoms with Crippen molar-refractivity contribution in [2.45, 2.75) is 26.4 Å². The van der Waals surface area contributed by atoms with Crippen molar-refractivity contribution in [2.75, 3.05) is 6.61 Å². The Balaban J connectivity index is 0.00000288. The van der Waals surface area contributed by atoms with E-state index < -0.39 is 12.0 Å². The summed E-state index contributed by atoms with van der Waals surface area (Å²) in [6.45, 7) is 4.23. The number of rotatable bonds is 6. The summed E-state index contributed by atoms with van der Waals surface area (Å²) in [7, 11) is 0. The number of aryl methyl sites for hydroxylation is 1. The second-order valence-corrected chi connectivity index (χ2v) is 5.90. The fraction of sp³-hybridized carbons (Fsp3) is 0.312. The Morgan fingerprint density at radius 1 is 1.28 bits per heavy atom. The number of nitrogens with two attached hydrogens (primary N) is 1. The quantitative estimate of drug-likeness (QED) is 0.720. The molecule has 138 valence electrons. The molecule has 1 heterocycles. The number of nitrogens with one attached hydrogen (secondary N) is 1. The Kier molecular flexibility index (Phi) is 10.3. The van der Waals surface area contributed by atoms with Gasteiger partial charge in [0.1, 0.15) is 11.0 Å². The maximum absolute atomic E-state index is 12.1. The van der Waals surface area contributed by atoms with Crippen molar-refractivity contribution in [1.82, 2.24) is 10.3 Å². The average Bonchev–Trinajstić information content (AvgIpc) is 3.02. The number of carbonyl (C=O) groups is 2. The number of thiazole rings is 1. The Bertz CT molecular complexity index is 692. The predicted octanol–water partition coefficient (Wildman–Crippen LogP) is 2.79. The molecule has 2 aromatic rings. The van der Waals surface area contributed by atoms with E-state index in [9.17, 15) is 9.59 Å². The van der Waals surface area contributed by atoms with Gasteiger partial charge in [-0.05, 0) is 19.4 Å². The summed E-state index contributed by atoms with van der Waals surface area (Å²) in [4.78, 5) is 27.8. The van der Waals surface area contributed by atoms with Gasteiger partial charge in [-0.25, -0.2) is 9.78 Å². The molecule has 0 aliphatic carbocycles. The maximum atomic E-state index is 12.1. The zero-order chi connectivity index (χ0) is 16.8. The van der Waals surface area contributed by atoms with Gasteiger partial charge in [-0.1, -0.05) is 29.8 Å². The van der Waals surface area contributed by atoms with Crippen LogP contribution in [0.4, 0.5) is 0 Å². The largest absolute Gasteiger partial charge is 0.461 e. The lowest BCUT2D eigenvalue weighted by molar-refractivity contribution is -0.122. The minimum absolute atomic E-state index is 0. The van der Waals surface area contributed by atoms with E-state index in [1.807, 2.05) is 31.2 Å². The molecule has 0 fully saturated rings. The van der Waals surface area contributed by atoms with Crippen LogP contribution in [0.5, 0.6) is 0 Å². The van der Waals surface area contributed by atoms with Crippen LogP contribution in [0.3, 0.4) is 0 Å². The molecule has 9 heteroatoms. The van der Waals surface area contributed by atoms with Crippen LogP contribution in [0.2, 0.25) is 0 Å². The van der Waals surface area contributed by atoms with Gasteiger partial charge < -0.3 is 15.8 Å². The van der Waals surface area contributed by atoms with Crippen LogP contribution < -0.4 is 11.1 Å². The van der Waals surface area contributed by atoms with Crippen molar-refractivity contribution in [1.29, 1.82) is 0 Å². The first-order chi connectivity index (χ1) is 11.0. The molecule has 2 rings (SSSR count). The van der Waals surface area contributed by atoms with Crippen molar-refractivity contribution >= 4 is 48.0 Å². The molecule has 25 heavy (non-hydrogen) atoms. The van der Waals surface area contributed by atoms with Crippen LogP contribution in [0.1, 0.15) is 39.6 Å². The second-order valence-electron chi connectivity index (χ2n) is 4.95. The van der Waals surface area contributed by atoms with E-state index >= 15 is 0 Å². The lowest BCUT2D eigenvalue weighted by Crippen LogP contribution is -2.33. The van der Waals surface area contributed by atoms with Crippen molar-refractivity contribution in [3.63, 3.8) is 0 Å². The van der Waals surface area contributed by atoms with Crippen LogP contribution in [0.15, 0.2) is 29.6 Å². The summed E-state index contributed by atoms with van der Waals surface area (Å²) < 4.78 is 4.87. The van der Waals surface area contributed by atoms with E-state index in [0.29, 0.717) is 11.6 Å². The number of hydrogen-bond acceptors (Lipinski definition) is 6. The first-order valence-electron chi connectivity index (χ1n) is 7.22. The number of nitrogens with zero attached hydrogens (tertiary/aromatic N) is 1. The Morgan fingerprint density at radius 3 is 2.52 bits per heavy atom. The van der Waals surface area contributed by atoms with Gasteiger partial charge in [0.25, 0.3) is 0 Å². The minimum atomic E-state index is -0.736. The Labute approximate surface area is 163 Å². The topological polar surface area (TPSA) is 94.3 Å². The molecule has 0 saturated heterocycles. The summed E-state index contributed by atoms with van der Waals surface area (Å²) in [5.74, 6) is -0.751. The Hall–Kier alpha value is -1.67. The van der Waals surface area contributed by atoms with Gasteiger partial charge in [-0.2, -0.15) is 0 Å². The first-order valence-corrected chi connectivity index (χ1v) is 8.10. The number of hydrogen-bond donors (Lipinski definition) is 2. The van der Waals surface area contributed by atoms with E-state index in [4.69, 9.17) is 10.5 Å². The standard InChI is InChI=1S/C16H19N3O3S.2ClH/c1-3-22-16(21)12-9-23-13(19-12)8-18-15(20)14(17)11-6-4-10(2)5-7-11;;/h4-7,9,14H,3,8,17H2,1-2H3,(H,18,20);2*1H. The predicted molar refractivity (Wildman–Crippen MR) is 103 cm³/mol. The van der Waals surface area contributed by atoms with Crippen molar-refractivity contribution < 1.29 is 14.3 Å². The summed E-state index contributed by atoms with van der Waals surface area (Å²) >= 11 is 1.29. The molecule has 1 amide bonds. The number of aromatic nitrogens is 1. The third-order valence-corrected chi connectivity index (χ3v) is 4.02. The molecule has 1 aromatic heterocycles. The third-order valence-electron chi connectivity index (χ3n) is 3.17. The zero-order valence-electron chi connectivity index (χ0n) is 13.9. The van der Waals surface area contributed by atoms with Gasteiger partial charge in [0.05, 0.1) is 13.2 Å². The normalized spacial score (nSPS) is 10.8. The van der Waals surface area contributed by atoms with Crippen LogP contribution in [-0.4, -0.2) is 23.5 Å². The van der Waals surface area contributed by atoms with Crippen LogP contribution in [0.25, 0.3) is 0 Å². The molecule has 3 N–H and O–H groups in total. The number of ether oxygens (including phenoxy) is 1. The van der Waals surface area contributed by atoms with Gasteiger partial charge in [0, 0.05) is 5.38 Å². The highest BCUT2D eigenvalue weighted by Gasteiger charge is 2.17. The van der Waals surface area contributed by atoms with Crippen LogP contribution >= 0.6 is 36.2 Å². The monoisotopic (exact) mass is 405 g/mol. The molecule has 0 saturated carbocycles. The van der Waals surface area contributed by atoms with E-state index in [2.05, 4.69) is 10.3 Å². The van der Waals surface area contributed by atoms with Crippen molar-refractivity contribution in [3.05, 3.63) is 51.5 Å². The molecule has 1 aromatic carbocycles. The molecular weight excluding hydrogens is 385 g/mol. The van der Waals surface area contributed by atoms with E-state index in [0.717, 1.165) is 11.1 Å². The lowest BCUT2D eigenvalue weighted by Gasteiger charge is -2.12. The minimum Gasteiger partial charge on any atom is -0.461 e. The molecule has 0 radical (unpaired) electrons. The van der Waals surface area contributed by atoms with Crippen LogP contribution in [0, 0.1) is 6.92 Å². The molecule has 1 unspecified atom stereocenters. The van der Waals surface area contributed by atoms with Gasteiger partial charge in [0.2, 0.25) is 5.91 Å². The van der Waals surface area contributed by atoms with Crippen molar-refractivity contribution in [2.24, 2.45) is 5.73 Å². The summed E-state index contributed by atoms with van der Waals surface area (Å²) in [6.07, 6.45) is 0. The summed E-state index contributed by atoms with van der Waals surface area (Å²) in [5.41, 5.74) is 8.05. The number of carbonyl (C=O) groups excluding carboxylic acids is 2. The average molecular weight is 406 g/mol. The molecule has 0 spiro atoms. The Morgan fingerprint density at radius 2 is 1.92 bits per heavy atom. The molecule has 6 nitrogen and oxygen atoms in total.